The molecule has 0 saturated carbocycles. The number of hydrogen-bond acceptors (Lipinski definition) is 3. The molecule has 25 heavy (non-hydrogen) atoms. The number of piperidine rings is 1. The number of carbonyl (C=O) groups excluding carboxylic acids is 1. The largest absolute Gasteiger partial charge is 0.347 e. The van der Waals surface area contributed by atoms with Gasteiger partial charge in [0, 0.05) is 37.2 Å². The van der Waals surface area contributed by atoms with Crippen molar-refractivity contribution in [1.82, 2.24) is 20.2 Å². The van der Waals surface area contributed by atoms with Crippen LogP contribution in [0.3, 0.4) is 0 Å². The molecule has 1 saturated heterocycles. The van der Waals surface area contributed by atoms with Crippen LogP contribution in [-0.4, -0.2) is 40.5 Å². The highest BCUT2D eigenvalue weighted by molar-refractivity contribution is 5.90. The minimum Gasteiger partial charge on any atom is -0.347 e. The number of likely N-dealkylation sites (tertiary alicyclic amines) is 1. The van der Waals surface area contributed by atoms with Gasteiger partial charge in [-0.3, -0.25) is 4.90 Å². The minimum absolute atomic E-state index is 0.126. The topological polar surface area (TPSA) is 73.1 Å². The number of urea groups is 1. The quantitative estimate of drug-likeness (QED) is 0.782. The first-order valence-corrected chi connectivity index (χ1v) is 8.92. The summed E-state index contributed by atoms with van der Waals surface area (Å²) in [5.41, 5.74) is 4.31. The molecule has 1 aliphatic heterocycles. The number of H-pyrrole nitrogens is 1. The first-order valence-electron chi connectivity index (χ1n) is 8.92. The lowest BCUT2D eigenvalue weighted by Crippen LogP contribution is -2.41. The van der Waals surface area contributed by atoms with Crippen molar-refractivity contribution in [3.05, 3.63) is 47.5 Å². The standard InChI is InChI=1S/C19H27N5O/c1-14-5-3-7-18(15(14)2)23-19(25)21-9-16-6-4-8-24(11-16)12-17-10-20-13-22-17/h3,5,7,10,13,16H,4,6,8-9,11-12H2,1-2H3,(H,20,22)(H2,21,23,25)/t16-/m1/s1. The van der Waals surface area contributed by atoms with Gasteiger partial charge in [-0.05, 0) is 56.3 Å². The van der Waals surface area contributed by atoms with E-state index in [-0.39, 0.29) is 6.03 Å². The summed E-state index contributed by atoms with van der Waals surface area (Å²) in [5.74, 6) is 0.487. The summed E-state index contributed by atoms with van der Waals surface area (Å²) < 4.78 is 0. The Morgan fingerprint density at radius 3 is 3.08 bits per heavy atom. The molecule has 2 heterocycles. The van der Waals surface area contributed by atoms with Gasteiger partial charge in [-0.1, -0.05) is 12.1 Å². The fourth-order valence-corrected chi connectivity index (χ4v) is 3.36. The van der Waals surface area contributed by atoms with Gasteiger partial charge in [0.1, 0.15) is 0 Å². The number of rotatable bonds is 5. The van der Waals surface area contributed by atoms with E-state index in [2.05, 4.69) is 38.5 Å². The van der Waals surface area contributed by atoms with Gasteiger partial charge in [0.25, 0.3) is 0 Å². The number of nitrogens with zero attached hydrogens (tertiary/aromatic N) is 2. The summed E-state index contributed by atoms with van der Waals surface area (Å²) in [6.07, 6.45) is 5.91. The molecule has 1 aliphatic rings. The average molecular weight is 341 g/mol. The summed E-state index contributed by atoms with van der Waals surface area (Å²) in [6.45, 7) is 7.78. The molecule has 2 amide bonds. The molecular formula is C19H27N5O. The van der Waals surface area contributed by atoms with Crippen LogP contribution in [-0.2, 0) is 6.54 Å². The first-order chi connectivity index (χ1) is 12.1. The van der Waals surface area contributed by atoms with Gasteiger partial charge in [-0.15, -0.1) is 0 Å². The van der Waals surface area contributed by atoms with E-state index in [1.54, 1.807) is 6.33 Å². The third-order valence-electron chi connectivity index (χ3n) is 4.96. The van der Waals surface area contributed by atoms with Crippen LogP contribution in [0.5, 0.6) is 0 Å². The number of nitrogens with one attached hydrogen (secondary N) is 3. The highest BCUT2D eigenvalue weighted by atomic mass is 16.2. The van der Waals surface area contributed by atoms with Crippen molar-refractivity contribution in [1.29, 1.82) is 0 Å². The molecule has 134 valence electrons. The fraction of sp³-hybridized carbons (Fsp3) is 0.474. The molecule has 6 heteroatoms. The maximum atomic E-state index is 12.2. The van der Waals surface area contributed by atoms with Gasteiger partial charge >= 0.3 is 6.03 Å². The number of aromatic amines is 1. The van der Waals surface area contributed by atoms with E-state index >= 15 is 0 Å². The number of amides is 2. The van der Waals surface area contributed by atoms with E-state index < -0.39 is 0 Å². The van der Waals surface area contributed by atoms with E-state index in [1.165, 1.54) is 12.0 Å². The molecule has 0 spiro atoms. The number of benzene rings is 1. The molecule has 6 nitrogen and oxygen atoms in total. The van der Waals surface area contributed by atoms with Gasteiger partial charge < -0.3 is 15.6 Å². The van der Waals surface area contributed by atoms with E-state index in [4.69, 9.17) is 0 Å². The van der Waals surface area contributed by atoms with Crippen LogP contribution in [0.1, 0.15) is 29.7 Å². The van der Waals surface area contributed by atoms with Crippen LogP contribution in [0.4, 0.5) is 10.5 Å². The summed E-state index contributed by atoms with van der Waals surface area (Å²) in [5, 5.41) is 5.99. The van der Waals surface area contributed by atoms with E-state index in [0.29, 0.717) is 12.5 Å². The van der Waals surface area contributed by atoms with Crippen molar-refractivity contribution in [3.8, 4) is 0 Å². The zero-order chi connectivity index (χ0) is 17.6. The normalized spacial score (nSPS) is 18.1. The van der Waals surface area contributed by atoms with Crippen molar-refractivity contribution in [2.24, 2.45) is 5.92 Å². The van der Waals surface area contributed by atoms with Crippen molar-refractivity contribution >= 4 is 11.7 Å². The highest BCUT2D eigenvalue weighted by Gasteiger charge is 2.20. The smallest absolute Gasteiger partial charge is 0.319 e. The molecule has 0 bridgehead atoms. The van der Waals surface area contributed by atoms with Crippen molar-refractivity contribution in [2.45, 2.75) is 33.2 Å². The Morgan fingerprint density at radius 1 is 1.40 bits per heavy atom. The van der Waals surface area contributed by atoms with Gasteiger partial charge in [-0.2, -0.15) is 0 Å². The number of aromatic nitrogens is 2. The molecule has 3 rings (SSSR count). The van der Waals surface area contributed by atoms with Crippen molar-refractivity contribution < 1.29 is 4.79 Å². The Hall–Kier alpha value is -2.34. The summed E-state index contributed by atoms with van der Waals surface area (Å²) in [6, 6.07) is 5.83. The van der Waals surface area contributed by atoms with Crippen LogP contribution in [0.25, 0.3) is 0 Å². The predicted molar refractivity (Wildman–Crippen MR) is 99.5 cm³/mol. The van der Waals surface area contributed by atoms with Crippen LogP contribution in [0.2, 0.25) is 0 Å². The van der Waals surface area contributed by atoms with Crippen LogP contribution in [0.15, 0.2) is 30.7 Å². The molecule has 2 aromatic rings. The third-order valence-corrected chi connectivity index (χ3v) is 4.96. The summed E-state index contributed by atoms with van der Waals surface area (Å²) in [7, 11) is 0. The second kappa shape index (κ2) is 8.16. The van der Waals surface area contributed by atoms with Gasteiger partial charge in [0.15, 0.2) is 0 Å². The number of aryl methyl sites for hydroxylation is 1. The predicted octanol–water partition coefficient (Wildman–Crippen LogP) is 3.06. The Bertz CT molecular complexity index is 698. The monoisotopic (exact) mass is 341 g/mol. The Morgan fingerprint density at radius 2 is 2.28 bits per heavy atom. The molecular weight excluding hydrogens is 314 g/mol. The molecule has 0 unspecified atom stereocenters. The lowest BCUT2D eigenvalue weighted by Gasteiger charge is -2.32. The zero-order valence-electron chi connectivity index (χ0n) is 15.0. The van der Waals surface area contributed by atoms with E-state index in [1.807, 2.05) is 25.3 Å². The highest BCUT2D eigenvalue weighted by Crippen LogP contribution is 2.19. The zero-order valence-corrected chi connectivity index (χ0v) is 15.0. The van der Waals surface area contributed by atoms with E-state index in [0.717, 1.165) is 43.0 Å². The maximum absolute atomic E-state index is 12.2. The second-order valence-electron chi connectivity index (χ2n) is 6.90. The minimum atomic E-state index is -0.126. The van der Waals surface area contributed by atoms with Crippen LogP contribution < -0.4 is 10.6 Å². The summed E-state index contributed by atoms with van der Waals surface area (Å²) in [4.78, 5) is 21.9. The van der Waals surface area contributed by atoms with Crippen LogP contribution >= 0.6 is 0 Å². The number of carbonyl (C=O) groups is 1. The average Bonchev–Trinajstić information content (AvgIpc) is 3.10. The molecule has 1 atom stereocenters. The summed E-state index contributed by atoms with van der Waals surface area (Å²) >= 11 is 0. The van der Waals surface area contributed by atoms with Crippen molar-refractivity contribution in [2.75, 3.05) is 25.0 Å². The van der Waals surface area contributed by atoms with E-state index in [9.17, 15) is 4.79 Å². The Balaban J connectivity index is 1.46. The van der Waals surface area contributed by atoms with Gasteiger partial charge in [0.2, 0.25) is 0 Å². The molecule has 0 aliphatic carbocycles. The lowest BCUT2D eigenvalue weighted by atomic mass is 9.98. The number of anilines is 1. The third kappa shape index (κ3) is 4.82. The van der Waals surface area contributed by atoms with Gasteiger partial charge in [-0.25, -0.2) is 9.78 Å². The lowest BCUT2D eigenvalue weighted by molar-refractivity contribution is 0.164. The van der Waals surface area contributed by atoms with Crippen molar-refractivity contribution in [3.63, 3.8) is 0 Å². The molecule has 1 fully saturated rings. The molecule has 1 aromatic heterocycles. The fourth-order valence-electron chi connectivity index (χ4n) is 3.36. The maximum Gasteiger partial charge on any atom is 0.319 e. The molecule has 3 N–H and O–H groups in total. The SMILES string of the molecule is Cc1cccc(NC(=O)NC[C@H]2CCCN(Cc3cnc[nH]3)C2)c1C. The van der Waals surface area contributed by atoms with Crippen LogP contribution in [0, 0.1) is 19.8 Å². The Kier molecular flexibility index (Phi) is 5.71. The first kappa shape index (κ1) is 17.5. The second-order valence-corrected chi connectivity index (χ2v) is 6.90. The molecule has 0 radical (unpaired) electrons. The Labute approximate surface area is 149 Å². The molecule has 1 aromatic carbocycles. The van der Waals surface area contributed by atoms with Gasteiger partial charge in [0.05, 0.1) is 6.33 Å². The number of imidazole rings is 1. The number of hydrogen-bond donors (Lipinski definition) is 3.